The van der Waals surface area contributed by atoms with Gasteiger partial charge in [-0.25, -0.2) is 0 Å². The molecule has 0 spiro atoms. The maximum atomic E-state index is 3.40. The van der Waals surface area contributed by atoms with E-state index in [-0.39, 0.29) is 0 Å². The van der Waals surface area contributed by atoms with Crippen LogP contribution in [0, 0.1) is 0 Å². The normalized spacial score (nSPS) is 13.3. The minimum Gasteiger partial charge on any atom is -0.316 e. The highest BCUT2D eigenvalue weighted by atomic mass is 32.2. The molecular weight excluding hydrogens is 222 g/mol. The first-order chi connectivity index (χ1) is 7.22. The van der Waals surface area contributed by atoms with Crippen molar-refractivity contribution in [3.05, 3.63) is 22.4 Å². The van der Waals surface area contributed by atoms with Gasteiger partial charge < -0.3 is 5.32 Å². The Hall–Kier alpha value is 0.01000. The van der Waals surface area contributed by atoms with Gasteiger partial charge in [-0.05, 0) is 47.5 Å². The van der Waals surface area contributed by atoms with E-state index in [0.29, 0.717) is 6.04 Å². The van der Waals surface area contributed by atoms with Gasteiger partial charge in [0.05, 0.1) is 0 Å². The number of nitrogens with one attached hydrogen (secondary N) is 1. The van der Waals surface area contributed by atoms with E-state index in [1.165, 1.54) is 24.2 Å². The molecule has 0 amide bonds. The molecule has 0 aromatic carbocycles. The van der Waals surface area contributed by atoms with E-state index in [1.54, 1.807) is 11.3 Å². The van der Waals surface area contributed by atoms with Gasteiger partial charge in [0.2, 0.25) is 0 Å². The third-order valence-corrected chi connectivity index (χ3v) is 4.39. The molecule has 1 aromatic rings. The number of thiophene rings is 1. The summed E-state index contributed by atoms with van der Waals surface area (Å²) in [7, 11) is 2.07. The predicted octanol–water partition coefficient (Wildman–Crippen LogP) is 3.41. The molecule has 1 nitrogen and oxygen atoms in total. The Bertz CT molecular complexity index is 244. The summed E-state index contributed by atoms with van der Waals surface area (Å²) in [4.78, 5) is 0. The molecule has 0 bridgehead atoms. The lowest BCUT2D eigenvalue weighted by atomic mass is 10.1. The maximum Gasteiger partial charge on any atom is 0.0158 e. The first-order valence-corrected chi connectivity index (χ1v) is 7.51. The SMILES string of the molecule is CNC(CCc1ccsc1)CSC(C)C. The van der Waals surface area contributed by atoms with Gasteiger partial charge in [0.1, 0.15) is 0 Å². The summed E-state index contributed by atoms with van der Waals surface area (Å²) in [5.74, 6) is 1.22. The summed E-state index contributed by atoms with van der Waals surface area (Å²) in [6.07, 6.45) is 2.45. The quantitative estimate of drug-likeness (QED) is 0.787. The van der Waals surface area contributed by atoms with Gasteiger partial charge in [0.15, 0.2) is 0 Å². The predicted molar refractivity (Wildman–Crippen MR) is 73.1 cm³/mol. The largest absolute Gasteiger partial charge is 0.316 e. The Morgan fingerprint density at radius 1 is 1.47 bits per heavy atom. The Morgan fingerprint density at radius 2 is 2.27 bits per heavy atom. The second kappa shape index (κ2) is 7.31. The van der Waals surface area contributed by atoms with Crippen molar-refractivity contribution in [2.24, 2.45) is 0 Å². The van der Waals surface area contributed by atoms with Crippen LogP contribution in [0.15, 0.2) is 16.8 Å². The van der Waals surface area contributed by atoms with E-state index in [0.717, 1.165) is 5.25 Å². The molecule has 0 fully saturated rings. The van der Waals surface area contributed by atoms with Crippen LogP contribution in [-0.4, -0.2) is 24.1 Å². The molecular formula is C12H21NS2. The molecule has 1 heterocycles. The number of rotatable bonds is 7. The average Bonchev–Trinajstić information content (AvgIpc) is 2.70. The molecule has 0 radical (unpaired) electrons. The third kappa shape index (κ3) is 5.59. The Balaban J connectivity index is 2.22. The second-order valence-electron chi connectivity index (χ2n) is 4.04. The highest BCUT2D eigenvalue weighted by molar-refractivity contribution is 7.99. The maximum absolute atomic E-state index is 3.40. The molecule has 0 saturated heterocycles. The number of hydrogen-bond donors (Lipinski definition) is 1. The van der Waals surface area contributed by atoms with E-state index in [2.05, 4.69) is 43.0 Å². The molecule has 1 unspecified atom stereocenters. The molecule has 1 rings (SSSR count). The van der Waals surface area contributed by atoms with Gasteiger partial charge in [0, 0.05) is 11.8 Å². The first-order valence-electron chi connectivity index (χ1n) is 5.52. The number of hydrogen-bond acceptors (Lipinski definition) is 3. The van der Waals surface area contributed by atoms with Crippen molar-refractivity contribution in [1.82, 2.24) is 5.32 Å². The van der Waals surface area contributed by atoms with Crippen LogP contribution < -0.4 is 5.32 Å². The van der Waals surface area contributed by atoms with Gasteiger partial charge in [-0.15, -0.1) is 0 Å². The van der Waals surface area contributed by atoms with Crippen LogP contribution in [0.5, 0.6) is 0 Å². The molecule has 0 aliphatic rings. The van der Waals surface area contributed by atoms with Crippen molar-refractivity contribution in [2.75, 3.05) is 12.8 Å². The molecule has 15 heavy (non-hydrogen) atoms. The fourth-order valence-corrected chi connectivity index (χ4v) is 3.05. The van der Waals surface area contributed by atoms with Gasteiger partial charge in [-0.2, -0.15) is 23.1 Å². The summed E-state index contributed by atoms with van der Waals surface area (Å²) in [5, 5.41) is 8.55. The lowest BCUT2D eigenvalue weighted by molar-refractivity contribution is 0.573. The summed E-state index contributed by atoms with van der Waals surface area (Å²) in [6.45, 7) is 4.52. The van der Waals surface area contributed by atoms with Crippen LogP contribution in [0.4, 0.5) is 0 Å². The Kier molecular flexibility index (Phi) is 6.37. The van der Waals surface area contributed by atoms with E-state index in [4.69, 9.17) is 0 Å². The zero-order chi connectivity index (χ0) is 11.1. The van der Waals surface area contributed by atoms with Crippen LogP contribution in [0.25, 0.3) is 0 Å². The molecule has 3 heteroatoms. The molecule has 86 valence electrons. The zero-order valence-electron chi connectivity index (χ0n) is 9.82. The lowest BCUT2D eigenvalue weighted by Crippen LogP contribution is -2.28. The Morgan fingerprint density at radius 3 is 2.80 bits per heavy atom. The highest BCUT2D eigenvalue weighted by Gasteiger charge is 2.07. The van der Waals surface area contributed by atoms with Gasteiger partial charge >= 0.3 is 0 Å². The van der Waals surface area contributed by atoms with Crippen LogP contribution in [0.3, 0.4) is 0 Å². The van der Waals surface area contributed by atoms with Crippen molar-refractivity contribution >= 4 is 23.1 Å². The summed E-state index contributed by atoms with van der Waals surface area (Å²) < 4.78 is 0. The first kappa shape index (κ1) is 13.1. The highest BCUT2D eigenvalue weighted by Crippen LogP contribution is 2.15. The van der Waals surface area contributed by atoms with Crippen molar-refractivity contribution in [3.63, 3.8) is 0 Å². The van der Waals surface area contributed by atoms with Crippen molar-refractivity contribution in [1.29, 1.82) is 0 Å². The fourth-order valence-electron chi connectivity index (χ4n) is 1.40. The summed E-state index contributed by atoms with van der Waals surface area (Å²) in [5.41, 5.74) is 1.48. The Labute approximate surface area is 102 Å². The van der Waals surface area contributed by atoms with Crippen LogP contribution >= 0.6 is 23.1 Å². The zero-order valence-corrected chi connectivity index (χ0v) is 11.5. The minimum absolute atomic E-state index is 0.650. The van der Waals surface area contributed by atoms with Crippen LogP contribution in [-0.2, 0) is 6.42 Å². The van der Waals surface area contributed by atoms with E-state index < -0.39 is 0 Å². The average molecular weight is 243 g/mol. The standard InChI is InChI=1S/C12H21NS2/c1-10(2)15-9-12(13-3)5-4-11-6-7-14-8-11/h6-8,10,12-13H,4-5,9H2,1-3H3. The monoisotopic (exact) mass is 243 g/mol. The van der Waals surface area contributed by atoms with Crippen molar-refractivity contribution in [2.45, 2.75) is 38.0 Å². The van der Waals surface area contributed by atoms with Gasteiger partial charge in [-0.1, -0.05) is 13.8 Å². The molecule has 1 aromatic heterocycles. The van der Waals surface area contributed by atoms with Crippen LogP contribution in [0.1, 0.15) is 25.8 Å². The molecule has 0 aliphatic heterocycles. The summed E-state index contributed by atoms with van der Waals surface area (Å²) >= 11 is 3.83. The van der Waals surface area contributed by atoms with E-state index in [1.807, 2.05) is 11.8 Å². The van der Waals surface area contributed by atoms with Gasteiger partial charge in [-0.3, -0.25) is 0 Å². The molecule has 0 aliphatic carbocycles. The second-order valence-corrected chi connectivity index (χ2v) is 6.43. The van der Waals surface area contributed by atoms with Gasteiger partial charge in [0.25, 0.3) is 0 Å². The van der Waals surface area contributed by atoms with E-state index in [9.17, 15) is 0 Å². The van der Waals surface area contributed by atoms with Crippen molar-refractivity contribution < 1.29 is 0 Å². The lowest BCUT2D eigenvalue weighted by Gasteiger charge is -2.16. The molecule has 1 atom stereocenters. The summed E-state index contributed by atoms with van der Waals surface area (Å²) in [6, 6.07) is 2.88. The number of aryl methyl sites for hydroxylation is 1. The molecule has 1 N–H and O–H groups in total. The minimum atomic E-state index is 0.650. The van der Waals surface area contributed by atoms with Crippen LogP contribution in [0.2, 0.25) is 0 Å². The van der Waals surface area contributed by atoms with E-state index >= 15 is 0 Å². The van der Waals surface area contributed by atoms with Crippen molar-refractivity contribution in [3.8, 4) is 0 Å². The topological polar surface area (TPSA) is 12.0 Å². The third-order valence-electron chi connectivity index (χ3n) is 2.40. The fraction of sp³-hybridized carbons (Fsp3) is 0.667. The molecule has 0 saturated carbocycles. The number of thioether (sulfide) groups is 1. The smallest absolute Gasteiger partial charge is 0.0158 e.